The van der Waals surface area contributed by atoms with Gasteiger partial charge in [0, 0.05) is 18.8 Å². The molecule has 1 aromatic carbocycles. The first kappa shape index (κ1) is 13.0. The first-order valence-electron chi connectivity index (χ1n) is 6.00. The van der Waals surface area contributed by atoms with E-state index >= 15 is 0 Å². The van der Waals surface area contributed by atoms with Gasteiger partial charge in [-0.25, -0.2) is 0 Å². The largest absolute Gasteiger partial charge is 0.377 e. The topological polar surface area (TPSA) is 29.9 Å². The zero-order valence-electron chi connectivity index (χ0n) is 11.2. The fourth-order valence-corrected chi connectivity index (χ4v) is 2.38. The normalized spacial score (nSPS) is 12.5. The first-order chi connectivity index (χ1) is 8.47. The molecular formula is C14H18ClN3. The van der Waals surface area contributed by atoms with Crippen LogP contribution >= 0.6 is 11.6 Å². The lowest BCUT2D eigenvalue weighted by molar-refractivity contribution is 0.756. The highest BCUT2D eigenvalue weighted by Crippen LogP contribution is 2.27. The van der Waals surface area contributed by atoms with E-state index in [9.17, 15) is 0 Å². The van der Waals surface area contributed by atoms with Crippen LogP contribution in [-0.2, 0) is 7.05 Å². The molecule has 0 aliphatic rings. The molecule has 18 heavy (non-hydrogen) atoms. The van der Waals surface area contributed by atoms with Gasteiger partial charge in [-0.15, -0.1) is 0 Å². The van der Waals surface area contributed by atoms with Gasteiger partial charge in [0.05, 0.1) is 22.4 Å². The van der Waals surface area contributed by atoms with E-state index in [0.717, 1.165) is 22.0 Å². The third-order valence-electron chi connectivity index (χ3n) is 3.01. The molecule has 1 aromatic heterocycles. The molecule has 96 valence electrons. The molecule has 0 saturated carbocycles. The Morgan fingerprint density at radius 2 is 2.06 bits per heavy atom. The summed E-state index contributed by atoms with van der Waals surface area (Å²) >= 11 is 6.22. The molecule has 1 N–H and O–H groups in total. The van der Waals surface area contributed by atoms with Crippen LogP contribution in [0.1, 0.15) is 29.8 Å². The minimum atomic E-state index is 0.180. The van der Waals surface area contributed by atoms with Crippen molar-refractivity contribution < 1.29 is 0 Å². The minimum absolute atomic E-state index is 0.180. The van der Waals surface area contributed by atoms with Crippen LogP contribution in [0.5, 0.6) is 0 Å². The van der Waals surface area contributed by atoms with Gasteiger partial charge in [-0.3, -0.25) is 4.68 Å². The van der Waals surface area contributed by atoms with Gasteiger partial charge in [0.2, 0.25) is 0 Å². The van der Waals surface area contributed by atoms with E-state index in [1.807, 2.05) is 43.9 Å². The fourth-order valence-electron chi connectivity index (χ4n) is 2.09. The number of aryl methyl sites for hydroxylation is 3. The summed E-state index contributed by atoms with van der Waals surface area (Å²) in [6.45, 7) is 6.16. The monoisotopic (exact) mass is 263 g/mol. The second-order valence-electron chi connectivity index (χ2n) is 4.69. The van der Waals surface area contributed by atoms with Gasteiger partial charge in [-0.05, 0) is 38.5 Å². The van der Waals surface area contributed by atoms with E-state index in [2.05, 4.69) is 23.4 Å². The molecule has 4 heteroatoms. The fraction of sp³-hybridized carbons (Fsp3) is 0.357. The van der Waals surface area contributed by atoms with E-state index in [4.69, 9.17) is 11.6 Å². The van der Waals surface area contributed by atoms with Gasteiger partial charge in [0.25, 0.3) is 0 Å². The van der Waals surface area contributed by atoms with Gasteiger partial charge in [0.1, 0.15) is 0 Å². The van der Waals surface area contributed by atoms with Crippen LogP contribution in [0.4, 0.5) is 5.69 Å². The van der Waals surface area contributed by atoms with Crippen LogP contribution in [0.15, 0.2) is 24.4 Å². The number of nitrogens with zero attached hydrogens (tertiary/aromatic N) is 2. The molecule has 2 aromatic rings. The van der Waals surface area contributed by atoms with Crippen molar-refractivity contribution in [2.75, 3.05) is 5.32 Å². The molecule has 2 rings (SSSR count). The number of rotatable bonds is 3. The summed E-state index contributed by atoms with van der Waals surface area (Å²) < 4.78 is 1.83. The Morgan fingerprint density at radius 3 is 2.61 bits per heavy atom. The molecule has 0 saturated heterocycles. The lowest BCUT2D eigenvalue weighted by atomic mass is 10.1. The second-order valence-corrected chi connectivity index (χ2v) is 5.10. The Hall–Kier alpha value is -1.48. The maximum Gasteiger partial charge on any atom is 0.0646 e. The van der Waals surface area contributed by atoms with Crippen LogP contribution in [0.25, 0.3) is 0 Å². The van der Waals surface area contributed by atoms with Crippen LogP contribution in [-0.4, -0.2) is 9.78 Å². The Labute approximate surface area is 113 Å². The van der Waals surface area contributed by atoms with Crippen molar-refractivity contribution in [1.82, 2.24) is 9.78 Å². The predicted molar refractivity (Wildman–Crippen MR) is 76.2 cm³/mol. The highest BCUT2D eigenvalue weighted by molar-refractivity contribution is 6.33. The molecule has 0 amide bonds. The number of hydrogen-bond donors (Lipinski definition) is 1. The molecule has 0 spiro atoms. The molecule has 1 heterocycles. The number of benzene rings is 1. The maximum absolute atomic E-state index is 6.22. The molecule has 0 bridgehead atoms. The Balaban J connectivity index is 2.21. The first-order valence-corrected chi connectivity index (χ1v) is 6.38. The standard InChI is InChI=1S/C14H18ClN3/c1-9-5-6-14(13(15)7-9)16-10(2)12-8-18(4)17-11(12)3/h5-8,10,16H,1-4H3. The quantitative estimate of drug-likeness (QED) is 0.911. The molecule has 0 aliphatic heterocycles. The van der Waals surface area contributed by atoms with Crippen molar-refractivity contribution in [3.63, 3.8) is 0 Å². The third kappa shape index (κ3) is 2.67. The van der Waals surface area contributed by atoms with Crippen molar-refractivity contribution in [3.05, 3.63) is 46.2 Å². The van der Waals surface area contributed by atoms with E-state index in [1.54, 1.807) is 0 Å². The number of hydrogen-bond acceptors (Lipinski definition) is 2. The number of anilines is 1. The van der Waals surface area contributed by atoms with Gasteiger partial charge in [-0.1, -0.05) is 17.7 Å². The lowest BCUT2D eigenvalue weighted by Crippen LogP contribution is -2.07. The molecule has 0 radical (unpaired) electrons. The van der Waals surface area contributed by atoms with Crippen LogP contribution in [0.3, 0.4) is 0 Å². The summed E-state index contributed by atoms with van der Waals surface area (Å²) in [7, 11) is 1.93. The molecule has 1 atom stereocenters. The zero-order chi connectivity index (χ0) is 13.3. The number of nitrogens with one attached hydrogen (secondary N) is 1. The van der Waals surface area contributed by atoms with Gasteiger partial charge in [-0.2, -0.15) is 5.10 Å². The van der Waals surface area contributed by atoms with Crippen LogP contribution in [0, 0.1) is 13.8 Å². The van der Waals surface area contributed by atoms with Crippen molar-refractivity contribution in [1.29, 1.82) is 0 Å². The van der Waals surface area contributed by atoms with Crippen molar-refractivity contribution in [2.24, 2.45) is 7.05 Å². The van der Waals surface area contributed by atoms with Gasteiger partial charge < -0.3 is 5.32 Å². The summed E-state index contributed by atoms with van der Waals surface area (Å²) in [6.07, 6.45) is 2.04. The molecular weight excluding hydrogens is 246 g/mol. The summed E-state index contributed by atoms with van der Waals surface area (Å²) in [6, 6.07) is 6.21. The maximum atomic E-state index is 6.22. The minimum Gasteiger partial charge on any atom is -0.377 e. The van der Waals surface area contributed by atoms with E-state index in [-0.39, 0.29) is 6.04 Å². The lowest BCUT2D eigenvalue weighted by Gasteiger charge is -2.16. The number of halogens is 1. The molecule has 3 nitrogen and oxygen atoms in total. The molecule has 0 fully saturated rings. The Bertz CT molecular complexity index is 560. The van der Waals surface area contributed by atoms with E-state index in [0.29, 0.717) is 0 Å². The van der Waals surface area contributed by atoms with Crippen molar-refractivity contribution in [2.45, 2.75) is 26.8 Å². The van der Waals surface area contributed by atoms with E-state index in [1.165, 1.54) is 5.56 Å². The summed E-state index contributed by atoms with van der Waals surface area (Å²) in [4.78, 5) is 0. The average Bonchev–Trinajstić information content (AvgIpc) is 2.62. The van der Waals surface area contributed by atoms with Gasteiger partial charge in [0.15, 0.2) is 0 Å². The SMILES string of the molecule is Cc1ccc(NC(C)c2cn(C)nc2C)c(Cl)c1. The Kier molecular flexibility index (Phi) is 3.62. The van der Waals surface area contributed by atoms with Crippen molar-refractivity contribution in [3.8, 4) is 0 Å². The summed E-state index contributed by atoms with van der Waals surface area (Å²) in [5, 5.41) is 8.53. The third-order valence-corrected chi connectivity index (χ3v) is 3.33. The van der Waals surface area contributed by atoms with Crippen LogP contribution in [0.2, 0.25) is 5.02 Å². The van der Waals surface area contributed by atoms with E-state index < -0.39 is 0 Å². The summed E-state index contributed by atoms with van der Waals surface area (Å²) in [5.41, 5.74) is 4.35. The van der Waals surface area contributed by atoms with Gasteiger partial charge >= 0.3 is 0 Å². The predicted octanol–water partition coefficient (Wildman–Crippen LogP) is 3.86. The summed E-state index contributed by atoms with van der Waals surface area (Å²) in [5.74, 6) is 0. The van der Waals surface area contributed by atoms with Crippen LogP contribution < -0.4 is 5.32 Å². The highest BCUT2D eigenvalue weighted by Gasteiger charge is 2.12. The Morgan fingerprint density at radius 1 is 1.33 bits per heavy atom. The number of aromatic nitrogens is 2. The van der Waals surface area contributed by atoms with Crippen molar-refractivity contribution >= 4 is 17.3 Å². The smallest absolute Gasteiger partial charge is 0.0646 e. The average molecular weight is 264 g/mol. The molecule has 0 aliphatic carbocycles. The highest BCUT2D eigenvalue weighted by atomic mass is 35.5. The second kappa shape index (κ2) is 5.02. The molecule has 1 unspecified atom stereocenters. The zero-order valence-corrected chi connectivity index (χ0v) is 11.9.